The molecule has 0 amide bonds. The molecule has 3 heteroatoms. The average Bonchev–Trinajstić information content (AvgIpc) is 2.46. The van der Waals surface area contributed by atoms with Gasteiger partial charge in [-0.25, -0.2) is 0 Å². The van der Waals surface area contributed by atoms with Crippen molar-refractivity contribution < 1.29 is 0 Å². The monoisotopic (exact) mass is 179 g/mol. The first-order valence-corrected chi connectivity index (χ1v) is 4.59. The minimum absolute atomic E-state index is 0.605. The quantitative estimate of drug-likeness (QED) is 0.765. The summed E-state index contributed by atoms with van der Waals surface area (Å²) in [7, 11) is 0. The van der Waals surface area contributed by atoms with Crippen molar-refractivity contribution in [3.05, 3.63) is 23.0 Å². The van der Waals surface area contributed by atoms with Gasteiger partial charge in [0.15, 0.2) is 0 Å². The van der Waals surface area contributed by atoms with Gasteiger partial charge in [0.25, 0.3) is 0 Å². The van der Waals surface area contributed by atoms with E-state index in [1.165, 1.54) is 5.57 Å². The minimum Gasteiger partial charge on any atom is -0.327 e. The summed E-state index contributed by atoms with van der Waals surface area (Å²) < 4.78 is 1.98. The molecule has 0 aliphatic carbocycles. The van der Waals surface area contributed by atoms with Crippen LogP contribution in [0.5, 0.6) is 0 Å². The molecule has 3 nitrogen and oxygen atoms in total. The van der Waals surface area contributed by atoms with Crippen LogP contribution in [0.25, 0.3) is 6.08 Å². The third-order valence-corrected chi connectivity index (χ3v) is 1.95. The standard InChI is InChI=1S/C10H17N3/c1-4-13-10(5-8(2)7-11)6-9(3)12-13/h5-6H,4,7,11H2,1-3H3/b8-5-. The first-order chi connectivity index (χ1) is 6.17. The zero-order valence-electron chi connectivity index (χ0n) is 8.54. The van der Waals surface area contributed by atoms with Gasteiger partial charge < -0.3 is 5.73 Å². The molecule has 1 aromatic rings. The van der Waals surface area contributed by atoms with Crippen molar-refractivity contribution in [1.82, 2.24) is 9.78 Å². The molecule has 0 aliphatic rings. The second-order valence-electron chi connectivity index (χ2n) is 3.22. The lowest BCUT2D eigenvalue weighted by Crippen LogP contribution is -2.02. The molecule has 0 saturated heterocycles. The zero-order valence-corrected chi connectivity index (χ0v) is 8.54. The van der Waals surface area contributed by atoms with Gasteiger partial charge in [-0.2, -0.15) is 5.10 Å². The van der Waals surface area contributed by atoms with Gasteiger partial charge in [0.05, 0.1) is 11.4 Å². The van der Waals surface area contributed by atoms with Crippen molar-refractivity contribution in [2.45, 2.75) is 27.3 Å². The first-order valence-electron chi connectivity index (χ1n) is 4.59. The maximum atomic E-state index is 5.52. The Labute approximate surface area is 79.2 Å². The van der Waals surface area contributed by atoms with Crippen LogP contribution in [0.15, 0.2) is 11.6 Å². The number of rotatable bonds is 3. The van der Waals surface area contributed by atoms with Gasteiger partial charge in [0.1, 0.15) is 0 Å². The van der Waals surface area contributed by atoms with E-state index in [9.17, 15) is 0 Å². The van der Waals surface area contributed by atoms with E-state index >= 15 is 0 Å². The van der Waals surface area contributed by atoms with E-state index < -0.39 is 0 Å². The Kier molecular flexibility index (Phi) is 3.25. The second kappa shape index (κ2) is 4.23. The largest absolute Gasteiger partial charge is 0.327 e. The van der Waals surface area contributed by atoms with Crippen molar-refractivity contribution in [2.75, 3.05) is 6.54 Å². The molecule has 1 rings (SSSR count). The van der Waals surface area contributed by atoms with E-state index in [4.69, 9.17) is 5.73 Å². The fraction of sp³-hybridized carbons (Fsp3) is 0.500. The van der Waals surface area contributed by atoms with Crippen LogP contribution < -0.4 is 5.73 Å². The molecule has 0 aromatic carbocycles. The summed E-state index contributed by atoms with van der Waals surface area (Å²) in [5.41, 5.74) is 8.89. The van der Waals surface area contributed by atoms with Crippen molar-refractivity contribution in [1.29, 1.82) is 0 Å². The third-order valence-electron chi connectivity index (χ3n) is 1.95. The van der Waals surface area contributed by atoms with Gasteiger partial charge in [0.2, 0.25) is 0 Å². The second-order valence-corrected chi connectivity index (χ2v) is 3.22. The van der Waals surface area contributed by atoms with Crippen LogP contribution in [0.1, 0.15) is 25.2 Å². The molecular weight excluding hydrogens is 162 g/mol. The normalized spacial score (nSPS) is 12.2. The molecule has 2 N–H and O–H groups in total. The van der Waals surface area contributed by atoms with Crippen molar-refractivity contribution in [2.24, 2.45) is 5.73 Å². The van der Waals surface area contributed by atoms with Gasteiger partial charge >= 0.3 is 0 Å². The highest BCUT2D eigenvalue weighted by molar-refractivity contribution is 5.49. The van der Waals surface area contributed by atoms with E-state index in [1.807, 2.05) is 18.5 Å². The highest BCUT2D eigenvalue weighted by Gasteiger charge is 2.00. The Bertz CT molecular complexity index is 310. The van der Waals surface area contributed by atoms with Crippen LogP contribution in [0.2, 0.25) is 0 Å². The Morgan fingerprint density at radius 3 is 2.92 bits per heavy atom. The maximum Gasteiger partial charge on any atom is 0.0612 e. The molecule has 0 atom stereocenters. The van der Waals surface area contributed by atoms with E-state index in [-0.39, 0.29) is 0 Å². The maximum absolute atomic E-state index is 5.52. The van der Waals surface area contributed by atoms with Gasteiger partial charge in [-0.05, 0) is 32.9 Å². The van der Waals surface area contributed by atoms with Crippen molar-refractivity contribution in [3.8, 4) is 0 Å². The predicted molar refractivity (Wildman–Crippen MR) is 55.3 cm³/mol. The van der Waals surface area contributed by atoms with Crippen LogP contribution in [0.4, 0.5) is 0 Å². The molecule has 0 spiro atoms. The molecule has 72 valence electrons. The number of nitrogens with two attached hydrogens (primary N) is 1. The smallest absolute Gasteiger partial charge is 0.0612 e. The number of aromatic nitrogens is 2. The van der Waals surface area contributed by atoms with Crippen LogP contribution in [0.3, 0.4) is 0 Å². The molecule has 0 bridgehead atoms. The molecule has 0 radical (unpaired) electrons. The summed E-state index contributed by atoms with van der Waals surface area (Å²) in [6.07, 6.45) is 2.09. The van der Waals surface area contributed by atoms with Crippen molar-refractivity contribution >= 4 is 6.08 Å². The van der Waals surface area contributed by atoms with Gasteiger partial charge in [-0.3, -0.25) is 4.68 Å². The lowest BCUT2D eigenvalue weighted by Gasteiger charge is -2.00. The highest BCUT2D eigenvalue weighted by atomic mass is 15.3. The summed E-state index contributed by atoms with van der Waals surface area (Å²) in [6.45, 7) is 7.62. The summed E-state index contributed by atoms with van der Waals surface area (Å²) in [5, 5.41) is 4.35. The Balaban J connectivity index is 2.99. The molecule has 0 aliphatic heterocycles. The van der Waals surface area contributed by atoms with E-state index in [0.29, 0.717) is 6.54 Å². The number of hydrogen-bond donors (Lipinski definition) is 1. The summed E-state index contributed by atoms with van der Waals surface area (Å²) >= 11 is 0. The highest BCUT2D eigenvalue weighted by Crippen LogP contribution is 2.08. The molecule has 1 aromatic heterocycles. The van der Waals surface area contributed by atoms with Crippen LogP contribution in [-0.4, -0.2) is 16.3 Å². The van der Waals surface area contributed by atoms with E-state index in [0.717, 1.165) is 17.9 Å². The fourth-order valence-electron chi connectivity index (χ4n) is 1.25. The summed E-state index contributed by atoms with van der Waals surface area (Å²) in [6, 6.07) is 2.07. The third kappa shape index (κ3) is 2.42. The molecule has 1 heterocycles. The van der Waals surface area contributed by atoms with Crippen LogP contribution >= 0.6 is 0 Å². The van der Waals surface area contributed by atoms with Gasteiger partial charge in [-0.15, -0.1) is 0 Å². The average molecular weight is 179 g/mol. The number of nitrogens with zero attached hydrogens (tertiary/aromatic N) is 2. The van der Waals surface area contributed by atoms with Gasteiger partial charge in [-0.1, -0.05) is 5.57 Å². The number of hydrogen-bond acceptors (Lipinski definition) is 2. The molecule has 0 unspecified atom stereocenters. The minimum atomic E-state index is 0.605. The Morgan fingerprint density at radius 1 is 1.69 bits per heavy atom. The zero-order chi connectivity index (χ0) is 9.84. The Hall–Kier alpha value is -1.09. The lowest BCUT2D eigenvalue weighted by molar-refractivity contribution is 0.647. The topological polar surface area (TPSA) is 43.8 Å². The van der Waals surface area contributed by atoms with E-state index in [1.54, 1.807) is 0 Å². The fourth-order valence-corrected chi connectivity index (χ4v) is 1.25. The van der Waals surface area contributed by atoms with Crippen LogP contribution in [-0.2, 0) is 6.54 Å². The molecular formula is C10H17N3. The van der Waals surface area contributed by atoms with Gasteiger partial charge in [0, 0.05) is 13.1 Å². The SMILES string of the molecule is CCn1nc(C)cc1/C=C(/C)CN. The predicted octanol–water partition coefficient (Wildman–Crippen LogP) is 1.57. The Morgan fingerprint density at radius 2 is 2.38 bits per heavy atom. The summed E-state index contributed by atoms with van der Waals surface area (Å²) in [4.78, 5) is 0. The molecule has 13 heavy (non-hydrogen) atoms. The molecule has 0 saturated carbocycles. The lowest BCUT2D eigenvalue weighted by atomic mass is 10.2. The van der Waals surface area contributed by atoms with Crippen molar-refractivity contribution in [3.63, 3.8) is 0 Å². The van der Waals surface area contributed by atoms with E-state index in [2.05, 4.69) is 24.2 Å². The molecule has 0 fully saturated rings. The number of aryl methyl sites for hydroxylation is 2. The van der Waals surface area contributed by atoms with Crippen LogP contribution in [0, 0.1) is 6.92 Å². The first kappa shape index (κ1) is 9.99. The summed E-state index contributed by atoms with van der Waals surface area (Å²) in [5.74, 6) is 0.